The molecule has 2 bridgehead atoms. The molecule has 2 atom stereocenters. The number of halogens is 1. The van der Waals surface area contributed by atoms with Gasteiger partial charge in [0, 0.05) is 36.4 Å². The molecule has 0 saturated carbocycles. The maximum atomic E-state index is 11.6. The maximum Gasteiger partial charge on any atom is 0.349 e. The van der Waals surface area contributed by atoms with Crippen LogP contribution < -0.4 is 0 Å². The molecule has 0 N–H and O–H groups in total. The Balaban J connectivity index is 1.54. The fourth-order valence-corrected chi connectivity index (χ4v) is 5.10. The van der Waals surface area contributed by atoms with Crippen LogP contribution in [-0.4, -0.2) is 24.0 Å². The molecule has 3 aromatic rings. The van der Waals surface area contributed by atoms with Crippen molar-refractivity contribution in [1.82, 2.24) is 4.90 Å². The Labute approximate surface area is 180 Å². The van der Waals surface area contributed by atoms with Gasteiger partial charge in [0.2, 0.25) is 0 Å². The highest BCUT2D eigenvalue weighted by Gasteiger charge is 2.45. The number of rotatable bonds is 3. The summed E-state index contributed by atoms with van der Waals surface area (Å²) >= 11 is 9.72. The highest BCUT2D eigenvalue weighted by molar-refractivity contribution is 7.75. The van der Waals surface area contributed by atoms with Crippen molar-refractivity contribution in [1.29, 1.82) is 0 Å². The van der Waals surface area contributed by atoms with E-state index in [1.54, 1.807) is 12.1 Å². The molecule has 29 heavy (non-hydrogen) atoms. The third-order valence-electron chi connectivity index (χ3n) is 6.30. The molecule has 1 fully saturated rings. The molecule has 2 unspecified atom stereocenters. The van der Waals surface area contributed by atoms with E-state index in [2.05, 4.69) is 52.3 Å². The van der Waals surface area contributed by atoms with Crippen molar-refractivity contribution >= 4 is 30.5 Å². The second-order valence-corrected chi connectivity index (χ2v) is 8.50. The lowest BCUT2D eigenvalue weighted by Gasteiger charge is -2.37. The summed E-state index contributed by atoms with van der Waals surface area (Å²) in [6, 6.07) is 22.6. The van der Waals surface area contributed by atoms with Gasteiger partial charge in [-0.25, -0.2) is 4.79 Å². The Hall–Kier alpha value is -2.27. The molecule has 0 aromatic heterocycles. The van der Waals surface area contributed by atoms with Gasteiger partial charge in [0.25, 0.3) is 0 Å². The number of benzene rings is 3. The molecule has 0 spiro atoms. The Kier molecular flexibility index (Phi) is 4.66. The van der Waals surface area contributed by atoms with Gasteiger partial charge in [0.15, 0.2) is 0 Å². The first-order valence-electron chi connectivity index (χ1n) is 9.67. The van der Waals surface area contributed by atoms with Crippen LogP contribution in [0.25, 0.3) is 11.1 Å². The Morgan fingerprint density at radius 2 is 1.72 bits per heavy atom. The normalized spacial score (nSPS) is 22.2. The molecule has 5 rings (SSSR count). The van der Waals surface area contributed by atoms with Crippen LogP contribution >= 0.6 is 24.5 Å². The summed E-state index contributed by atoms with van der Waals surface area (Å²) in [4.78, 5) is 14.1. The van der Waals surface area contributed by atoms with Gasteiger partial charge in [-0.15, -0.1) is 0 Å². The Bertz CT molecular complexity index is 1080. The Morgan fingerprint density at radius 3 is 2.45 bits per heavy atom. The van der Waals surface area contributed by atoms with Gasteiger partial charge in [-0.3, -0.25) is 4.90 Å². The van der Waals surface area contributed by atoms with E-state index in [9.17, 15) is 4.79 Å². The van der Waals surface area contributed by atoms with Crippen molar-refractivity contribution in [2.75, 3.05) is 13.1 Å². The summed E-state index contributed by atoms with van der Waals surface area (Å²) in [6.07, 6.45) is 1.13. The summed E-state index contributed by atoms with van der Waals surface area (Å²) in [7, 11) is 0. The van der Waals surface area contributed by atoms with Crippen LogP contribution in [-0.2, 0) is 16.1 Å². The number of carbonyl (C=O) groups excluding carboxylic acids is 1. The van der Waals surface area contributed by atoms with Crippen molar-refractivity contribution < 1.29 is 8.98 Å². The van der Waals surface area contributed by atoms with E-state index in [1.165, 1.54) is 16.7 Å². The van der Waals surface area contributed by atoms with Gasteiger partial charge < -0.3 is 4.18 Å². The second-order valence-electron chi connectivity index (χ2n) is 7.88. The fraction of sp³-hybridized carbons (Fsp3) is 0.208. The van der Waals surface area contributed by atoms with Gasteiger partial charge >= 0.3 is 5.97 Å². The van der Waals surface area contributed by atoms with Gasteiger partial charge in [-0.1, -0.05) is 48.0 Å². The Morgan fingerprint density at radius 1 is 1.00 bits per heavy atom. The van der Waals surface area contributed by atoms with Gasteiger partial charge in [-0.2, -0.15) is 0 Å². The zero-order chi connectivity index (χ0) is 20.0. The first-order chi connectivity index (χ1) is 14.1. The van der Waals surface area contributed by atoms with Crippen molar-refractivity contribution in [3.8, 4) is 11.1 Å². The van der Waals surface area contributed by atoms with Crippen molar-refractivity contribution in [2.45, 2.75) is 18.4 Å². The molecule has 3 nitrogen and oxygen atoms in total. The molecule has 3 aromatic carbocycles. The highest BCUT2D eigenvalue weighted by Crippen LogP contribution is 2.47. The first-order valence-corrected chi connectivity index (χ1v) is 10.4. The lowest BCUT2D eigenvalue weighted by molar-refractivity contribution is 0.0772. The van der Waals surface area contributed by atoms with E-state index in [4.69, 9.17) is 11.6 Å². The summed E-state index contributed by atoms with van der Waals surface area (Å²) in [6.45, 7) is 3.14. The summed E-state index contributed by atoms with van der Waals surface area (Å²) in [5.74, 6) is -0.445. The molecular weight excluding hydrogens is 402 g/mol. The number of hydrogen-bond donors (Lipinski definition) is 1. The summed E-state index contributed by atoms with van der Waals surface area (Å²) < 4.78 is 4.49. The number of hydrogen-bond acceptors (Lipinski definition) is 4. The molecule has 1 saturated heterocycles. The smallest absolute Gasteiger partial charge is 0.349 e. The van der Waals surface area contributed by atoms with Crippen LogP contribution in [0.2, 0.25) is 5.02 Å². The van der Waals surface area contributed by atoms with Crippen LogP contribution in [0, 0.1) is 0 Å². The second kappa shape index (κ2) is 7.21. The molecule has 0 amide bonds. The predicted molar refractivity (Wildman–Crippen MR) is 118 cm³/mol. The topological polar surface area (TPSA) is 29.5 Å². The molecule has 5 heteroatoms. The zero-order valence-corrected chi connectivity index (χ0v) is 17.4. The minimum atomic E-state index is -0.445. The van der Waals surface area contributed by atoms with Gasteiger partial charge in [-0.05, 0) is 71.1 Å². The van der Waals surface area contributed by atoms with E-state index in [0.717, 1.165) is 42.2 Å². The summed E-state index contributed by atoms with van der Waals surface area (Å²) in [5.41, 5.74) is 6.91. The monoisotopic (exact) mass is 421 g/mol. The SMILES string of the molecule is O=C(OS)c1ccc(-c2ccc3c(c2)CN2CCC3(c3ccc(Cl)cc3)C2)cc1. The lowest BCUT2D eigenvalue weighted by Crippen LogP contribution is -2.37. The first kappa shape index (κ1) is 18.7. The van der Waals surface area contributed by atoms with E-state index >= 15 is 0 Å². The van der Waals surface area contributed by atoms with Crippen molar-refractivity contribution in [2.24, 2.45) is 0 Å². The minimum Gasteiger partial charge on any atom is -0.391 e. The van der Waals surface area contributed by atoms with E-state index in [1.807, 2.05) is 24.3 Å². The van der Waals surface area contributed by atoms with Crippen LogP contribution in [0.3, 0.4) is 0 Å². The van der Waals surface area contributed by atoms with E-state index in [0.29, 0.717) is 5.56 Å². The van der Waals surface area contributed by atoms with Crippen LogP contribution in [0.5, 0.6) is 0 Å². The third-order valence-corrected chi connectivity index (χ3v) is 6.71. The van der Waals surface area contributed by atoms with E-state index < -0.39 is 5.97 Å². The van der Waals surface area contributed by atoms with Gasteiger partial charge in [0.1, 0.15) is 0 Å². The zero-order valence-electron chi connectivity index (χ0n) is 15.8. The average Bonchev–Trinajstić information content (AvgIpc) is 3.12. The van der Waals surface area contributed by atoms with Crippen LogP contribution in [0.4, 0.5) is 0 Å². The number of carbonyl (C=O) groups is 1. The maximum absolute atomic E-state index is 11.6. The quantitative estimate of drug-likeness (QED) is 0.446. The number of fused-ring (bicyclic) bond motifs is 4. The van der Waals surface area contributed by atoms with Crippen LogP contribution in [0.1, 0.15) is 33.5 Å². The minimum absolute atomic E-state index is 0.0386. The van der Waals surface area contributed by atoms with Crippen molar-refractivity contribution in [3.63, 3.8) is 0 Å². The standard InChI is InChI=1S/C24H20ClNO2S/c25-21-8-6-20(7-9-21)24-11-12-26(15-24)14-19-13-18(5-10-22(19)24)16-1-3-17(4-2-16)23(27)28-29/h1-10,13,29H,11-12,14-15H2. The summed E-state index contributed by atoms with van der Waals surface area (Å²) in [5, 5.41) is 0.775. The van der Waals surface area contributed by atoms with E-state index in [-0.39, 0.29) is 5.41 Å². The average molecular weight is 422 g/mol. The van der Waals surface area contributed by atoms with Gasteiger partial charge in [0.05, 0.1) is 5.56 Å². The molecular formula is C24H20ClNO2S. The third kappa shape index (κ3) is 3.16. The molecule has 2 aliphatic heterocycles. The highest BCUT2D eigenvalue weighted by atomic mass is 35.5. The molecule has 0 radical (unpaired) electrons. The fourth-order valence-electron chi connectivity index (χ4n) is 4.87. The predicted octanol–water partition coefficient (Wildman–Crippen LogP) is 5.51. The van der Waals surface area contributed by atoms with Crippen molar-refractivity contribution in [3.05, 3.63) is 94.0 Å². The van der Waals surface area contributed by atoms with Crippen LogP contribution in [0.15, 0.2) is 66.7 Å². The number of nitrogens with zero attached hydrogens (tertiary/aromatic N) is 1. The molecule has 146 valence electrons. The lowest BCUT2D eigenvalue weighted by atomic mass is 9.70. The largest absolute Gasteiger partial charge is 0.391 e. The molecule has 2 heterocycles. The molecule has 2 aliphatic rings. The number of thiol groups is 1. The molecule has 0 aliphatic carbocycles.